The van der Waals surface area contributed by atoms with E-state index in [2.05, 4.69) is 9.97 Å². The second-order valence-corrected chi connectivity index (χ2v) is 5.65. The van der Waals surface area contributed by atoms with Gasteiger partial charge in [-0.2, -0.15) is 4.98 Å². The van der Waals surface area contributed by atoms with Crippen LogP contribution in [0.5, 0.6) is 11.6 Å². The van der Waals surface area contributed by atoms with Crippen molar-refractivity contribution in [1.82, 2.24) is 9.97 Å². The lowest BCUT2D eigenvalue weighted by molar-refractivity contribution is 0.0697. The Morgan fingerprint density at radius 1 is 1.04 bits per heavy atom. The number of hydrogen-bond acceptors (Lipinski definition) is 4. The van der Waals surface area contributed by atoms with Gasteiger partial charge in [-0.3, -0.25) is 0 Å². The van der Waals surface area contributed by atoms with E-state index >= 15 is 0 Å². The highest BCUT2D eigenvalue weighted by Crippen LogP contribution is 2.29. The minimum Gasteiger partial charge on any atom is -0.478 e. The molecular formula is C21H18N2O3. The molecule has 0 aliphatic rings. The highest BCUT2D eigenvalue weighted by Gasteiger charge is 2.13. The van der Waals surface area contributed by atoms with Crippen LogP contribution in [0.3, 0.4) is 0 Å². The van der Waals surface area contributed by atoms with Gasteiger partial charge in [-0.15, -0.1) is 0 Å². The van der Waals surface area contributed by atoms with Crippen LogP contribution in [0.25, 0.3) is 17.5 Å². The Balaban J connectivity index is 2.03. The van der Waals surface area contributed by atoms with Crippen molar-refractivity contribution in [2.24, 2.45) is 0 Å². The fraction of sp³-hybridized carbons (Fsp3) is 0.0952. The van der Waals surface area contributed by atoms with Crippen molar-refractivity contribution in [2.75, 3.05) is 0 Å². The molecule has 3 aromatic rings. The van der Waals surface area contributed by atoms with Gasteiger partial charge in [0.1, 0.15) is 5.75 Å². The highest BCUT2D eigenvalue weighted by molar-refractivity contribution is 5.87. The van der Waals surface area contributed by atoms with E-state index in [1.165, 1.54) is 12.1 Å². The lowest BCUT2D eigenvalue weighted by Gasteiger charge is -2.12. The second kappa shape index (κ2) is 7.61. The molecule has 0 radical (unpaired) electrons. The van der Waals surface area contributed by atoms with Gasteiger partial charge in [-0.1, -0.05) is 42.5 Å². The first-order valence-corrected chi connectivity index (χ1v) is 8.16. The second-order valence-electron chi connectivity index (χ2n) is 5.65. The Labute approximate surface area is 151 Å². The van der Waals surface area contributed by atoms with Crippen LogP contribution in [0.1, 0.15) is 28.5 Å². The first-order valence-electron chi connectivity index (χ1n) is 8.16. The van der Waals surface area contributed by atoms with Crippen LogP contribution in [0.15, 0.2) is 60.7 Å². The van der Waals surface area contributed by atoms with Gasteiger partial charge in [-0.25, -0.2) is 9.78 Å². The predicted octanol–water partition coefficient (Wildman–Crippen LogP) is 4.98. The van der Waals surface area contributed by atoms with E-state index in [0.29, 0.717) is 17.5 Å². The topological polar surface area (TPSA) is 72.3 Å². The van der Waals surface area contributed by atoms with Gasteiger partial charge < -0.3 is 9.84 Å². The van der Waals surface area contributed by atoms with Crippen molar-refractivity contribution in [2.45, 2.75) is 13.8 Å². The van der Waals surface area contributed by atoms with Crippen LogP contribution >= 0.6 is 0 Å². The van der Waals surface area contributed by atoms with Crippen LogP contribution in [0.2, 0.25) is 0 Å². The van der Waals surface area contributed by atoms with Crippen molar-refractivity contribution in [3.05, 3.63) is 77.5 Å². The molecule has 2 aromatic carbocycles. The lowest BCUT2D eigenvalue weighted by atomic mass is 10.1. The Kier molecular flexibility index (Phi) is 5.08. The smallest absolute Gasteiger partial charge is 0.335 e. The number of aryl methyl sites for hydroxylation is 1. The maximum Gasteiger partial charge on any atom is 0.335 e. The van der Waals surface area contributed by atoms with Gasteiger partial charge in [-0.05, 0) is 38.1 Å². The first kappa shape index (κ1) is 17.4. The van der Waals surface area contributed by atoms with E-state index in [1.54, 1.807) is 12.1 Å². The largest absolute Gasteiger partial charge is 0.478 e. The molecule has 0 saturated carbocycles. The summed E-state index contributed by atoms with van der Waals surface area (Å²) in [6.45, 7) is 3.82. The summed E-state index contributed by atoms with van der Waals surface area (Å²) in [6, 6.07) is 15.9. The molecule has 0 fully saturated rings. The van der Waals surface area contributed by atoms with Gasteiger partial charge >= 0.3 is 5.97 Å². The van der Waals surface area contributed by atoms with E-state index in [1.807, 2.05) is 56.3 Å². The number of allylic oxidation sites excluding steroid dienone is 1. The Bertz CT molecular complexity index is 949. The minimum absolute atomic E-state index is 0.204. The van der Waals surface area contributed by atoms with E-state index in [4.69, 9.17) is 9.84 Å². The SMILES string of the molecule is C/C=C/c1c(C)nc(-c2ccccc2)nc1Oc1ccc(C(=O)O)cc1. The third-order valence-corrected chi connectivity index (χ3v) is 3.78. The van der Waals surface area contributed by atoms with Crippen molar-refractivity contribution < 1.29 is 14.6 Å². The molecule has 1 N–H and O–H groups in total. The first-order chi connectivity index (χ1) is 12.6. The van der Waals surface area contributed by atoms with Crippen LogP contribution < -0.4 is 4.74 Å². The molecule has 0 aliphatic heterocycles. The summed E-state index contributed by atoms with van der Waals surface area (Å²) >= 11 is 0. The summed E-state index contributed by atoms with van der Waals surface area (Å²) in [5.74, 6) is 0.541. The van der Waals surface area contributed by atoms with Gasteiger partial charge in [0.05, 0.1) is 16.8 Å². The number of carboxylic acid groups (broad SMARTS) is 1. The summed E-state index contributed by atoms with van der Waals surface area (Å²) in [6.07, 6.45) is 3.79. The number of aromatic carboxylic acids is 1. The molecule has 5 heteroatoms. The maximum absolute atomic E-state index is 11.0. The number of rotatable bonds is 5. The average molecular weight is 346 g/mol. The van der Waals surface area contributed by atoms with Gasteiger partial charge in [0.15, 0.2) is 5.82 Å². The van der Waals surface area contributed by atoms with Crippen molar-refractivity contribution in [3.63, 3.8) is 0 Å². The van der Waals surface area contributed by atoms with Gasteiger partial charge in [0, 0.05) is 5.56 Å². The summed E-state index contributed by atoms with van der Waals surface area (Å²) in [5.41, 5.74) is 2.69. The number of carboxylic acids is 1. The summed E-state index contributed by atoms with van der Waals surface area (Å²) in [7, 11) is 0. The Morgan fingerprint density at radius 2 is 1.73 bits per heavy atom. The maximum atomic E-state index is 11.0. The Morgan fingerprint density at radius 3 is 2.35 bits per heavy atom. The zero-order valence-corrected chi connectivity index (χ0v) is 14.5. The number of benzene rings is 2. The average Bonchev–Trinajstić information content (AvgIpc) is 2.65. The summed E-state index contributed by atoms with van der Waals surface area (Å²) in [5, 5.41) is 9.01. The molecule has 0 aliphatic carbocycles. The number of carbonyl (C=O) groups is 1. The lowest BCUT2D eigenvalue weighted by Crippen LogP contribution is -2.01. The number of hydrogen-bond donors (Lipinski definition) is 1. The molecule has 3 rings (SSSR count). The molecular weight excluding hydrogens is 328 g/mol. The predicted molar refractivity (Wildman–Crippen MR) is 100 cm³/mol. The normalized spacial score (nSPS) is 10.8. The fourth-order valence-electron chi connectivity index (χ4n) is 2.49. The van der Waals surface area contributed by atoms with E-state index in [-0.39, 0.29) is 5.56 Å². The van der Waals surface area contributed by atoms with E-state index < -0.39 is 5.97 Å². The zero-order chi connectivity index (χ0) is 18.5. The van der Waals surface area contributed by atoms with Crippen molar-refractivity contribution in [1.29, 1.82) is 0 Å². The molecule has 0 unspecified atom stereocenters. The molecule has 130 valence electrons. The minimum atomic E-state index is -0.976. The molecule has 0 saturated heterocycles. The van der Waals surface area contributed by atoms with Gasteiger partial charge in [0.25, 0.3) is 0 Å². The molecule has 1 aromatic heterocycles. The van der Waals surface area contributed by atoms with Crippen LogP contribution in [-0.2, 0) is 0 Å². The van der Waals surface area contributed by atoms with E-state index in [9.17, 15) is 4.79 Å². The standard InChI is InChI=1S/C21H18N2O3/c1-3-7-18-14(2)22-19(15-8-5-4-6-9-15)23-20(18)26-17-12-10-16(11-13-17)21(24)25/h3-13H,1-2H3,(H,24,25)/b7-3+. The molecule has 0 amide bonds. The van der Waals surface area contributed by atoms with Crippen molar-refractivity contribution >= 4 is 12.0 Å². The molecule has 0 spiro atoms. The molecule has 0 atom stereocenters. The fourth-order valence-corrected chi connectivity index (χ4v) is 2.49. The number of nitrogens with zero attached hydrogens (tertiary/aromatic N) is 2. The summed E-state index contributed by atoms with van der Waals surface area (Å²) < 4.78 is 5.94. The molecule has 1 heterocycles. The molecule has 26 heavy (non-hydrogen) atoms. The van der Waals surface area contributed by atoms with Crippen LogP contribution in [-0.4, -0.2) is 21.0 Å². The molecule has 0 bridgehead atoms. The number of aromatic nitrogens is 2. The monoisotopic (exact) mass is 346 g/mol. The van der Waals surface area contributed by atoms with E-state index in [0.717, 1.165) is 16.8 Å². The van der Waals surface area contributed by atoms with Gasteiger partial charge in [0.2, 0.25) is 5.88 Å². The Hall–Kier alpha value is -3.47. The third kappa shape index (κ3) is 3.78. The third-order valence-electron chi connectivity index (χ3n) is 3.78. The van der Waals surface area contributed by atoms with Crippen molar-refractivity contribution in [3.8, 4) is 23.0 Å². The van der Waals surface area contributed by atoms with Crippen LogP contribution in [0, 0.1) is 6.92 Å². The number of ether oxygens (including phenoxy) is 1. The quantitative estimate of drug-likeness (QED) is 0.706. The molecule has 5 nitrogen and oxygen atoms in total. The van der Waals surface area contributed by atoms with Crippen LogP contribution in [0.4, 0.5) is 0 Å². The highest BCUT2D eigenvalue weighted by atomic mass is 16.5. The summed E-state index contributed by atoms with van der Waals surface area (Å²) in [4.78, 5) is 20.1. The zero-order valence-electron chi connectivity index (χ0n) is 14.5.